The summed E-state index contributed by atoms with van der Waals surface area (Å²) in [6.45, 7) is 2.17. The summed E-state index contributed by atoms with van der Waals surface area (Å²) in [6.07, 6.45) is 0.994. The Labute approximate surface area is 185 Å². The molecule has 1 aromatic heterocycles. The van der Waals surface area contributed by atoms with E-state index in [4.69, 9.17) is 4.42 Å². The first-order valence-corrected chi connectivity index (χ1v) is 10.4. The summed E-state index contributed by atoms with van der Waals surface area (Å²) in [4.78, 5) is 3.55. The lowest BCUT2D eigenvalue weighted by Crippen LogP contribution is -2.70. The van der Waals surface area contributed by atoms with E-state index in [9.17, 15) is 17.3 Å². The highest BCUT2D eigenvalue weighted by Crippen LogP contribution is 2.22. The second kappa shape index (κ2) is 9.96. The van der Waals surface area contributed by atoms with Crippen LogP contribution < -0.4 is 10.3 Å². The van der Waals surface area contributed by atoms with Gasteiger partial charge in [-0.25, -0.2) is 4.99 Å². The fourth-order valence-electron chi connectivity index (χ4n) is 2.99. The number of hydrogen-bond acceptors (Lipinski definition) is 1. The van der Waals surface area contributed by atoms with Crippen LogP contribution in [-0.4, -0.2) is 7.25 Å². The molecule has 0 saturated carbocycles. The third-order valence-electron chi connectivity index (χ3n) is 4.42. The van der Waals surface area contributed by atoms with E-state index in [1.807, 2.05) is 30.3 Å². The van der Waals surface area contributed by atoms with Crippen LogP contribution in [0, 0.1) is 0 Å². The van der Waals surface area contributed by atoms with E-state index >= 15 is 0 Å². The number of halogens is 5. The van der Waals surface area contributed by atoms with Gasteiger partial charge in [-0.2, -0.15) is 0 Å². The predicted octanol–water partition coefficient (Wildman–Crippen LogP) is 6.04. The molecule has 0 aliphatic rings. The Morgan fingerprint density at radius 3 is 2.13 bits per heavy atom. The van der Waals surface area contributed by atoms with E-state index in [1.165, 1.54) is 5.56 Å². The van der Waals surface area contributed by atoms with Crippen LogP contribution in [0.15, 0.2) is 87.8 Å². The highest BCUT2D eigenvalue weighted by atomic mass is 79.9. The van der Waals surface area contributed by atoms with Crippen LogP contribution in [0.25, 0.3) is 22.3 Å². The zero-order chi connectivity index (χ0) is 22.4. The molecule has 0 aliphatic carbocycles. The van der Waals surface area contributed by atoms with E-state index in [1.54, 1.807) is 0 Å². The van der Waals surface area contributed by atoms with E-state index < -0.39 is 7.25 Å². The molecule has 0 spiro atoms. The molecule has 8 heteroatoms. The molecule has 0 fully saturated rings. The largest absolute Gasteiger partial charge is 0.673 e. The van der Waals surface area contributed by atoms with Gasteiger partial charge >= 0.3 is 7.25 Å². The molecule has 0 atom stereocenters. The molecule has 4 rings (SSSR count). The van der Waals surface area contributed by atoms with Crippen LogP contribution in [0.3, 0.4) is 0 Å². The number of rotatable bonds is 3. The summed E-state index contributed by atoms with van der Waals surface area (Å²) in [6, 6.07) is 26.9. The number of hydrogen-bond donors (Lipinski definition) is 1. The third kappa shape index (κ3) is 6.82. The van der Waals surface area contributed by atoms with Crippen LogP contribution in [-0.2, 0) is 6.42 Å². The van der Waals surface area contributed by atoms with Crippen molar-refractivity contribution in [3.05, 3.63) is 94.3 Å². The number of benzene rings is 3. The third-order valence-corrected chi connectivity index (χ3v) is 4.95. The molecule has 0 unspecified atom stereocenters. The van der Waals surface area contributed by atoms with Crippen molar-refractivity contribution < 1.29 is 26.7 Å². The molecule has 3 aromatic carbocycles. The molecule has 160 valence electrons. The zero-order valence-corrected chi connectivity index (χ0v) is 18.2. The second-order valence-corrected chi connectivity index (χ2v) is 7.62. The minimum atomic E-state index is -6.00. The van der Waals surface area contributed by atoms with E-state index in [0.29, 0.717) is 0 Å². The van der Waals surface area contributed by atoms with E-state index in [2.05, 4.69) is 76.4 Å². The van der Waals surface area contributed by atoms with Crippen molar-refractivity contribution >= 4 is 39.8 Å². The van der Waals surface area contributed by atoms with Crippen molar-refractivity contribution in [3.63, 3.8) is 0 Å². The normalized spacial score (nSPS) is 11.9. The predicted molar refractivity (Wildman–Crippen MR) is 119 cm³/mol. The molecule has 4 aromatic rings. The maximum Gasteiger partial charge on any atom is 0.673 e. The summed E-state index contributed by atoms with van der Waals surface area (Å²) in [5, 5.41) is 2.13. The number of fused-ring (bicyclic) bond motifs is 1. The van der Waals surface area contributed by atoms with Gasteiger partial charge in [0.25, 0.3) is 0 Å². The standard InChI is InChI=1S/C23H18BrNO.BF4/c1-2-16-8-13-22-20(14-16)21(25-19-11-9-18(24)10-12-19)15-23(26-22)17-6-4-3-5-7-17;2-1(3,4)5/h3-15H,2H2,1H3;/q;-1/p+1. The van der Waals surface area contributed by atoms with Crippen molar-refractivity contribution in [2.45, 2.75) is 13.3 Å². The Balaban J connectivity index is 0.000000491. The van der Waals surface area contributed by atoms with Crippen LogP contribution in [0.1, 0.15) is 12.5 Å². The topological polar surface area (TPSA) is 27.1 Å². The Bertz CT molecular complexity index is 1220. The second-order valence-electron chi connectivity index (χ2n) is 6.70. The molecule has 0 bridgehead atoms. The summed E-state index contributed by atoms with van der Waals surface area (Å²) < 4.78 is 46.3. The first-order chi connectivity index (χ1) is 14.7. The fraction of sp³-hybridized carbons (Fsp3) is 0.0870. The van der Waals surface area contributed by atoms with Crippen LogP contribution >= 0.6 is 15.9 Å². The van der Waals surface area contributed by atoms with Gasteiger partial charge in [0.1, 0.15) is 11.3 Å². The van der Waals surface area contributed by atoms with Gasteiger partial charge in [-0.05, 0) is 36.2 Å². The summed E-state index contributed by atoms with van der Waals surface area (Å²) in [5.74, 6) is 0.849. The Kier molecular flexibility index (Phi) is 7.33. The minimum absolute atomic E-state index is 0.849. The van der Waals surface area contributed by atoms with Gasteiger partial charge in [0.15, 0.2) is 0 Å². The van der Waals surface area contributed by atoms with Gasteiger partial charge in [0, 0.05) is 22.2 Å². The van der Waals surface area contributed by atoms with Gasteiger partial charge in [-0.1, -0.05) is 59.3 Å². The highest BCUT2D eigenvalue weighted by Gasteiger charge is 2.20. The summed E-state index contributed by atoms with van der Waals surface area (Å²) in [5.41, 5.74) is 4.27. The lowest BCUT2D eigenvalue weighted by Gasteiger charge is -2.04. The lowest BCUT2D eigenvalue weighted by molar-refractivity contribution is -0.400. The Hall–Kier alpha value is -2.87. The van der Waals surface area contributed by atoms with Crippen LogP contribution in [0.2, 0.25) is 0 Å². The average molecular weight is 492 g/mol. The quantitative estimate of drug-likeness (QED) is 0.274. The molecular formula is C23H19BBrF4NO. The van der Waals surface area contributed by atoms with Gasteiger partial charge in [-0.3, -0.25) is 0 Å². The number of aryl methyl sites for hydroxylation is 1. The molecule has 0 saturated heterocycles. The maximum atomic E-state index is 9.75. The average Bonchev–Trinajstić information content (AvgIpc) is 2.74. The monoisotopic (exact) mass is 491 g/mol. The number of nitrogens with one attached hydrogen (secondary N) is 1. The van der Waals surface area contributed by atoms with E-state index in [0.717, 1.165) is 44.2 Å². The molecule has 0 radical (unpaired) electrons. The zero-order valence-electron chi connectivity index (χ0n) is 16.6. The van der Waals surface area contributed by atoms with E-state index in [-0.39, 0.29) is 0 Å². The maximum absolute atomic E-state index is 9.75. The van der Waals surface area contributed by atoms with Crippen molar-refractivity contribution in [2.75, 3.05) is 0 Å². The molecule has 31 heavy (non-hydrogen) atoms. The molecule has 1 N–H and O–H groups in total. The van der Waals surface area contributed by atoms with Crippen molar-refractivity contribution in [2.24, 2.45) is 0 Å². The molecule has 2 nitrogen and oxygen atoms in total. The molecule has 0 amide bonds. The Morgan fingerprint density at radius 1 is 0.871 bits per heavy atom. The van der Waals surface area contributed by atoms with Crippen molar-refractivity contribution in [1.82, 2.24) is 0 Å². The van der Waals surface area contributed by atoms with Gasteiger partial charge in [0.2, 0.25) is 11.0 Å². The Morgan fingerprint density at radius 2 is 1.52 bits per heavy atom. The van der Waals surface area contributed by atoms with Crippen molar-refractivity contribution in [1.29, 1.82) is 0 Å². The van der Waals surface area contributed by atoms with Gasteiger partial charge < -0.3 is 21.7 Å². The molecule has 0 aliphatic heterocycles. The first-order valence-electron chi connectivity index (χ1n) is 9.58. The SMILES string of the molecule is CCc1ccc2oc(-c3ccccc3)cc(=[NH+]c3ccc(Br)cc3)c2c1.F[B-](F)(F)F. The fourth-order valence-corrected chi connectivity index (χ4v) is 3.25. The lowest BCUT2D eigenvalue weighted by atomic mass is 10.1. The molecule has 1 heterocycles. The minimum Gasteiger partial charge on any atom is -0.456 e. The smallest absolute Gasteiger partial charge is 0.456 e. The first kappa shape index (κ1) is 22.8. The molecular weight excluding hydrogens is 473 g/mol. The van der Waals surface area contributed by atoms with Crippen molar-refractivity contribution in [3.8, 4) is 11.3 Å². The van der Waals surface area contributed by atoms with Crippen LogP contribution in [0.4, 0.5) is 23.0 Å². The van der Waals surface area contributed by atoms with Gasteiger partial charge in [0.05, 0.1) is 11.5 Å². The summed E-state index contributed by atoms with van der Waals surface area (Å²) in [7, 11) is -6.00. The van der Waals surface area contributed by atoms with Gasteiger partial charge in [-0.15, -0.1) is 0 Å². The highest BCUT2D eigenvalue weighted by molar-refractivity contribution is 9.10. The summed E-state index contributed by atoms with van der Waals surface area (Å²) >= 11 is 3.49. The van der Waals surface area contributed by atoms with Crippen LogP contribution in [0.5, 0.6) is 0 Å².